The van der Waals surface area contributed by atoms with Crippen LogP contribution in [0.3, 0.4) is 0 Å². The maximum absolute atomic E-state index is 12.2. The number of carbonyl (C=O) groups excluding carboxylic acids is 2. The van der Waals surface area contributed by atoms with E-state index in [1.807, 2.05) is 0 Å². The lowest BCUT2D eigenvalue weighted by molar-refractivity contribution is -0.128. The van der Waals surface area contributed by atoms with Gasteiger partial charge in [-0.1, -0.05) is 0 Å². The predicted octanol–water partition coefficient (Wildman–Crippen LogP) is 1.38. The molecule has 0 aliphatic rings. The zero-order chi connectivity index (χ0) is 17.8. The van der Waals surface area contributed by atoms with Crippen molar-refractivity contribution < 1.29 is 22.7 Å². The highest BCUT2D eigenvalue weighted by Crippen LogP contribution is 2.25. The molecule has 0 heterocycles. The van der Waals surface area contributed by atoms with E-state index in [0.717, 1.165) is 4.31 Å². The average molecular weight is 407 g/mol. The smallest absolute Gasteiger partial charge is 0.338 e. The van der Waals surface area contributed by atoms with Gasteiger partial charge in [-0.25, -0.2) is 17.5 Å². The second-order valence-corrected chi connectivity index (χ2v) is 7.85. The highest BCUT2D eigenvalue weighted by molar-refractivity contribution is 9.10. The second kappa shape index (κ2) is 7.89. The molecular formula is C14H19BrN2O5S. The van der Waals surface area contributed by atoms with Crippen LogP contribution >= 0.6 is 15.9 Å². The second-order valence-electron chi connectivity index (χ2n) is 4.87. The molecule has 9 heteroatoms. The van der Waals surface area contributed by atoms with Crippen molar-refractivity contribution in [2.45, 2.75) is 24.8 Å². The van der Waals surface area contributed by atoms with Crippen molar-refractivity contribution in [3.05, 3.63) is 28.2 Å². The molecule has 1 aromatic carbocycles. The first-order valence-corrected chi connectivity index (χ1v) is 9.05. The monoisotopic (exact) mass is 406 g/mol. The molecule has 0 spiro atoms. The van der Waals surface area contributed by atoms with Gasteiger partial charge in [-0.3, -0.25) is 4.79 Å². The van der Waals surface area contributed by atoms with Gasteiger partial charge in [0.15, 0.2) is 6.10 Å². The molecule has 0 saturated carbocycles. The summed E-state index contributed by atoms with van der Waals surface area (Å²) < 4.78 is 30.9. The summed E-state index contributed by atoms with van der Waals surface area (Å²) in [4.78, 5) is 23.6. The van der Waals surface area contributed by atoms with Crippen molar-refractivity contribution in [3.8, 4) is 0 Å². The number of nitrogens with zero attached hydrogens (tertiary/aromatic N) is 1. The molecule has 128 valence electrons. The Bertz CT molecular complexity index is 703. The van der Waals surface area contributed by atoms with E-state index in [4.69, 9.17) is 4.74 Å². The molecule has 1 aromatic rings. The minimum atomic E-state index is -3.72. The summed E-state index contributed by atoms with van der Waals surface area (Å²) in [6, 6.07) is 4.08. The summed E-state index contributed by atoms with van der Waals surface area (Å²) in [7, 11) is -0.932. The Morgan fingerprint density at radius 2 is 1.96 bits per heavy atom. The van der Waals surface area contributed by atoms with Crippen LogP contribution in [0.15, 0.2) is 27.6 Å². The summed E-state index contributed by atoms with van der Waals surface area (Å²) in [5, 5.41) is 2.54. The molecular weight excluding hydrogens is 388 g/mol. The number of rotatable bonds is 6. The van der Waals surface area contributed by atoms with Crippen molar-refractivity contribution in [3.63, 3.8) is 0 Å². The fraction of sp³-hybridized carbons (Fsp3) is 0.429. The van der Waals surface area contributed by atoms with Crippen molar-refractivity contribution in [2.75, 3.05) is 20.6 Å². The molecule has 0 radical (unpaired) electrons. The van der Waals surface area contributed by atoms with Gasteiger partial charge in [0.05, 0.1) is 10.5 Å². The predicted molar refractivity (Wildman–Crippen MR) is 88.6 cm³/mol. The molecule has 0 fully saturated rings. The van der Waals surface area contributed by atoms with Crippen LogP contribution in [0.2, 0.25) is 0 Å². The van der Waals surface area contributed by atoms with Crippen LogP contribution in [0.4, 0.5) is 0 Å². The van der Waals surface area contributed by atoms with E-state index in [9.17, 15) is 18.0 Å². The molecule has 0 unspecified atom stereocenters. The van der Waals surface area contributed by atoms with Gasteiger partial charge in [-0.2, -0.15) is 0 Å². The Balaban J connectivity index is 3.07. The molecule has 1 N–H and O–H groups in total. The SMILES string of the molecule is CCNC(=O)[C@H](C)OC(=O)c1ccc(Br)c(S(=O)(=O)N(C)C)c1. The van der Waals surface area contributed by atoms with Crippen LogP contribution in [0.5, 0.6) is 0 Å². The van der Waals surface area contributed by atoms with Gasteiger partial charge in [0.2, 0.25) is 10.0 Å². The lowest BCUT2D eigenvalue weighted by Gasteiger charge is -2.15. The van der Waals surface area contributed by atoms with Crippen LogP contribution in [0.1, 0.15) is 24.2 Å². The van der Waals surface area contributed by atoms with E-state index in [0.29, 0.717) is 11.0 Å². The van der Waals surface area contributed by atoms with Gasteiger partial charge >= 0.3 is 5.97 Å². The number of amides is 1. The number of likely N-dealkylation sites (N-methyl/N-ethyl adjacent to an activating group) is 1. The molecule has 0 aliphatic carbocycles. The fourth-order valence-corrected chi connectivity index (χ4v) is 3.47. The number of hydrogen-bond donors (Lipinski definition) is 1. The zero-order valence-electron chi connectivity index (χ0n) is 13.3. The third kappa shape index (κ3) is 4.76. The van der Waals surface area contributed by atoms with Crippen molar-refractivity contribution in [1.29, 1.82) is 0 Å². The number of halogens is 1. The summed E-state index contributed by atoms with van der Waals surface area (Å²) in [5.41, 5.74) is 0.0461. The van der Waals surface area contributed by atoms with Crippen LogP contribution in [-0.2, 0) is 19.6 Å². The Labute approximate surface area is 144 Å². The van der Waals surface area contributed by atoms with Crippen molar-refractivity contribution in [2.24, 2.45) is 0 Å². The number of carbonyl (C=O) groups is 2. The lowest BCUT2D eigenvalue weighted by Crippen LogP contribution is -2.35. The van der Waals surface area contributed by atoms with Crippen molar-refractivity contribution >= 4 is 37.8 Å². The van der Waals surface area contributed by atoms with Crippen LogP contribution in [-0.4, -0.2) is 51.3 Å². The number of ether oxygens (including phenoxy) is 1. The van der Waals surface area contributed by atoms with Crippen LogP contribution < -0.4 is 5.32 Å². The maximum Gasteiger partial charge on any atom is 0.338 e. The van der Waals surface area contributed by atoms with Gasteiger partial charge in [0.25, 0.3) is 5.91 Å². The van der Waals surface area contributed by atoms with Gasteiger partial charge < -0.3 is 10.1 Å². The van der Waals surface area contributed by atoms with Gasteiger partial charge in [-0.05, 0) is 48.0 Å². The van der Waals surface area contributed by atoms with Gasteiger partial charge in [-0.15, -0.1) is 0 Å². The first kappa shape index (κ1) is 19.6. The van der Waals surface area contributed by atoms with Crippen LogP contribution in [0.25, 0.3) is 0 Å². The maximum atomic E-state index is 12.2. The van der Waals surface area contributed by atoms with Gasteiger partial charge in [0, 0.05) is 25.1 Å². The number of nitrogens with one attached hydrogen (secondary N) is 1. The van der Waals surface area contributed by atoms with E-state index in [2.05, 4.69) is 21.2 Å². The molecule has 0 aliphatic heterocycles. The highest BCUT2D eigenvalue weighted by Gasteiger charge is 2.24. The lowest BCUT2D eigenvalue weighted by atomic mass is 10.2. The number of hydrogen-bond acceptors (Lipinski definition) is 5. The van der Waals surface area contributed by atoms with E-state index in [-0.39, 0.29) is 10.5 Å². The van der Waals surface area contributed by atoms with E-state index < -0.39 is 28.0 Å². The normalized spacial score (nSPS) is 12.8. The molecule has 0 bridgehead atoms. The quantitative estimate of drug-likeness (QED) is 0.720. The Hall–Kier alpha value is -1.45. The third-order valence-electron chi connectivity index (χ3n) is 2.93. The molecule has 0 saturated heterocycles. The molecule has 1 rings (SSSR count). The Kier molecular flexibility index (Phi) is 6.72. The summed E-state index contributed by atoms with van der Waals surface area (Å²) in [5.74, 6) is -1.19. The molecule has 1 amide bonds. The Morgan fingerprint density at radius 3 is 2.48 bits per heavy atom. The molecule has 23 heavy (non-hydrogen) atoms. The number of benzene rings is 1. The topological polar surface area (TPSA) is 92.8 Å². The van der Waals surface area contributed by atoms with E-state index in [1.54, 1.807) is 6.92 Å². The largest absolute Gasteiger partial charge is 0.449 e. The number of esters is 1. The summed E-state index contributed by atoms with van der Waals surface area (Å²) in [6.07, 6.45) is -0.972. The first-order valence-electron chi connectivity index (χ1n) is 6.82. The molecule has 7 nitrogen and oxygen atoms in total. The van der Waals surface area contributed by atoms with E-state index >= 15 is 0 Å². The van der Waals surface area contributed by atoms with Gasteiger partial charge in [0.1, 0.15) is 0 Å². The molecule has 1 atom stereocenters. The fourth-order valence-electron chi connectivity index (χ4n) is 1.62. The zero-order valence-corrected chi connectivity index (χ0v) is 15.7. The minimum absolute atomic E-state index is 0.0461. The third-order valence-corrected chi connectivity index (χ3v) is 5.74. The standard InChI is InChI=1S/C14H19BrN2O5S/c1-5-16-13(18)9(2)22-14(19)10-6-7-11(15)12(8-10)23(20,21)17(3)4/h6-9H,5H2,1-4H3,(H,16,18)/t9-/m0/s1. The average Bonchev–Trinajstić information content (AvgIpc) is 2.47. The van der Waals surface area contributed by atoms with E-state index in [1.165, 1.54) is 39.2 Å². The summed E-state index contributed by atoms with van der Waals surface area (Å²) in [6.45, 7) is 3.61. The van der Waals surface area contributed by atoms with Crippen LogP contribution in [0, 0.1) is 0 Å². The summed E-state index contributed by atoms with van der Waals surface area (Å²) >= 11 is 3.16. The first-order chi connectivity index (χ1) is 10.6. The number of sulfonamides is 1. The highest BCUT2D eigenvalue weighted by atomic mass is 79.9. The minimum Gasteiger partial charge on any atom is -0.449 e. The Morgan fingerprint density at radius 1 is 1.35 bits per heavy atom. The van der Waals surface area contributed by atoms with Crippen molar-refractivity contribution in [1.82, 2.24) is 9.62 Å². The molecule has 0 aromatic heterocycles.